The van der Waals surface area contributed by atoms with Gasteiger partial charge in [0.2, 0.25) is 11.8 Å². The first-order chi connectivity index (χ1) is 11.8. The van der Waals surface area contributed by atoms with Crippen LogP contribution in [-0.2, 0) is 20.8 Å². The van der Waals surface area contributed by atoms with Crippen LogP contribution in [-0.4, -0.2) is 35.0 Å². The number of hydrogen-bond acceptors (Lipinski definition) is 4. The van der Waals surface area contributed by atoms with E-state index in [-0.39, 0.29) is 19.3 Å². The minimum Gasteiger partial charge on any atom is -0.480 e. The van der Waals surface area contributed by atoms with Gasteiger partial charge in [0.1, 0.15) is 17.9 Å². The van der Waals surface area contributed by atoms with E-state index in [4.69, 9.17) is 5.26 Å². The second kappa shape index (κ2) is 10.0. The quantitative estimate of drug-likeness (QED) is 0.578. The van der Waals surface area contributed by atoms with E-state index >= 15 is 0 Å². The van der Waals surface area contributed by atoms with Crippen LogP contribution in [0.15, 0.2) is 24.3 Å². The van der Waals surface area contributed by atoms with E-state index in [9.17, 15) is 23.9 Å². The van der Waals surface area contributed by atoms with Crippen molar-refractivity contribution in [1.82, 2.24) is 10.6 Å². The van der Waals surface area contributed by atoms with Gasteiger partial charge < -0.3 is 15.7 Å². The van der Waals surface area contributed by atoms with Crippen molar-refractivity contribution in [2.75, 3.05) is 0 Å². The second-order valence-corrected chi connectivity index (χ2v) is 5.53. The number of benzene rings is 1. The first-order valence-electron chi connectivity index (χ1n) is 7.75. The van der Waals surface area contributed by atoms with E-state index in [1.807, 2.05) is 6.07 Å². The molecule has 2 amide bonds. The predicted octanol–water partition coefficient (Wildman–Crippen LogP) is 1.14. The Labute approximate surface area is 144 Å². The van der Waals surface area contributed by atoms with E-state index in [0.29, 0.717) is 12.0 Å². The number of carboxylic acids is 1. The van der Waals surface area contributed by atoms with Crippen LogP contribution in [0.1, 0.15) is 31.7 Å². The van der Waals surface area contributed by atoms with Gasteiger partial charge >= 0.3 is 5.97 Å². The molecule has 0 aromatic heterocycles. The normalized spacial score (nSPS) is 12.5. The molecule has 134 valence electrons. The number of nitrogens with zero attached hydrogens (tertiary/aromatic N) is 1. The van der Waals surface area contributed by atoms with Gasteiger partial charge in [-0.05, 0) is 30.5 Å². The van der Waals surface area contributed by atoms with Gasteiger partial charge in [-0.3, -0.25) is 9.59 Å². The van der Waals surface area contributed by atoms with Gasteiger partial charge in [-0.1, -0.05) is 12.1 Å². The molecule has 0 heterocycles. The summed E-state index contributed by atoms with van der Waals surface area (Å²) in [5.74, 6) is -2.73. The molecule has 0 aliphatic rings. The van der Waals surface area contributed by atoms with Crippen molar-refractivity contribution in [3.63, 3.8) is 0 Å². The van der Waals surface area contributed by atoms with E-state index in [2.05, 4.69) is 10.6 Å². The van der Waals surface area contributed by atoms with Gasteiger partial charge in [-0.2, -0.15) is 5.26 Å². The Kier molecular flexibility index (Phi) is 8.06. The summed E-state index contributed by atoms with van der Waals surface area (Å²) >= 11 is 0. The van der Waals surface area contributed by atoms with Crippen LogP contribution in [0, 0.1) is 17.1 Å². The fraction of sp³-hybridized carbons (Fsp3) is 0.412. The molecule has 0 saturated heterocycles. The first kappa shape index (κ1) is 20.1. The number of carboxylic acid groups (broad SMARTS) is 1. The highest BCUT2D eigenvalue weighted by molar-refractivity contribution is 5.90. The molecule has 25 heavy (non-hydrogen) atoms. The highest BCUT2D eigenvalue weighted by atomic mass is 19.1. The van der Waals surface area contributed by atoms with Crippen molar-refractivity contribution in [3.05, 3.63) is 35.6 Å². The average Bonchev–Trinajstić information content (AvgIpc) is 2.54. The number of nitrogens with one attached hydrogen (secondary N) is 2. The van der Waals surface area contributed by atoms with Crippen molar-refractivity contribution in [2.24, 2.45) is 0 Å². The minimum absolute atomic E-state index is 0.0935. The SMILES string of the molecule is CC(=O)N[C@H](Cc1ccc(F)cc1)C(=O)N[C@@H](CCCC#N)C(=O)O. The molecule has 0 aliphatic heterocycles. The summed E-state index contributed by atoms with van der Waals surface area (Å²) in [5.41, 5.74) is 0.617. The third-order valence-corrected chi connectivity index (χ3v) is 3.44. The van der Waals surface area contributed by atoms with Crippen molar-refractivity contribution in [3.8, 4) is 6.07 Å². The summed E-state index contributed by atoms with van der Waals surface area (Å²) < 4.78 is 13.0. The molecule has 0 spiro atoms. The average molecular weight is 349 g/mol. The summed E-state index contributed by atoms with van der Waals surface area (Å²) in [6.07, 6.45) is 0.717. The standard InChI is InChI=1S/C17H20FN3O4/c1-11(22)20-15(10-12-5-7-13(18)8-6-12)16(23)21-14(17(24)25)4-2-3-9-19/h5-8,14-15H,2-4,10H2,1H3,(H,20,22)(H,21,23)(H,24,25)/t14-,15+/m0/s1. The van der Waals surface area contributed by atoms with Gasteiger partial charge in [-0.15, -0.1) is 0 Å². The van der Waals surface area contributed by atoms with Crippen LogP contribution in [0.25, 0.3) is 0 Å². The molecule has 0 aliphatic carbocycles. The number of carbonyl (C=O) groups excluding carboxylic acids is 2. The molecule has 0 unspecified atom stereocenters. The molecule has 1 aromatic rings. The zero-order chi connectivity index (χ0) is 18.8. The molecule has 1 aromatic carbocycles. The Morgan fingerprint density at radius 2 is 1.84 bits per heavy atom. The van der Waals surface area contributed by atoms with E-state index < -0.39 is 35.7 Å². The number of unbranched alkanes of at least 4 members (excludes halogenated alkanes) is 1. The van der Waals surface area contributed by atoms with Crippen molar-refractivity contribution >= 4 is 17.8 Å². The van der Waals surface area contributed by atoms with Crippen LogP contribution < -0.4 is 10.6 Å². The molecular weight excluding hydrogens is 329 g/mol. The molecule has 0 radical (unpaired) electrons. The lowest BCUT2D eigenvalue weighted by atomic mass is 10.0. The van der Waals surface area contributed by atoms with Crippen LogP contribution in [0.2, 0.25) is 0 Å². The van der Waals surface area contributed by atoms with Crippen LogP contribution in [0.4, 0.5) is 4.39 Å². The van der Waals surface area contributed by atoms with Crippen molar-refractivity contribution in [2.45, 2.75) is 44.7 Å². The second-order valence-electron chi connectivity index (χ2n) is 5.53. The number of carbonyl (C=O) groups is 3. The number of rotatable bonds is 9. The zero-order valence-electron chi connectivity index (χ0n) is 13.8. The minimum atomic E-state index is -1.21. The van der Waals surface area contributed by atoms with Crippen LogP contribution >= 0.6 is 0 Å². The number of amides is 2. The Hall–Kier alpha value is -2.95. The lowest BCUT2D eigenvalue weighted by Gasteiger charge is -2.21. The molecular formula is C17H20FN3O4. The summed E-state index contributed by atoms with van der Waals surface area (Å²) in [4.78, 5) is 34.9. The fourth-order valence-electron chi connectivity index (χ4n) is 2.23. The zero-order valence-corrected chi connectivity index (χ0v) is 13.8. The highest BCUT2D eigenvalue weighted by Gasteiger charge is 2.25. The first-order valence-corrected chi connectivity index (χ1v) is 7.75. The van der Waals surface area contributed by atoms with Crippen LogP contribution in [0.3, 0.4) is 0 Å². The topological polar surface area (TPSA) is 119 Å². The number of nitriles is 1. The molecule has 0 bridgehead atoms. The van der Waals surface area contributed by atoms with Gasteiger partial charge in [0.05, 0.1) is 6.07 Å². The van der Waals surface area contributed by atoms with Gasteiger partial charge in [-0.25, -0.2) is 9.18 Å². The van der Waals surface area contributed by atoms with E-state index in [0.717, 1.165) is 0 Å². The fourth-order valence-corrected chi connectivity index (χ4v) is 2.23. The Morgan fingerprint density at radius 3 is 2.36 bits per heavy atom. The summed E-state index contributed by atoms with van der Waals surface area (Å²) in [7, 11) is 0. The van der Waals surface area contributed by atoms with Crippen LogP contribution in [0.5, 0.6) is 0 Å². The van der Waals surface area contributed by atoms with Gasteiger partial charge in [0.15, 0.2) is 0 Å². The predicted molar refractivity (Wildman–Crippen MR) is 86.7 cm³/mol. The number of hydrogen-bond donors (Lipinski definition) is 3. The Bertz CT molecular complexity index is 655. The number of halogens is 1. The third kappa shape index (κ3) is 7.44. The molecule has 3 N–H and O–H groups in total. The maximum Gasteiger partial charge on any atom is 0.326 e. The molecule has 8 heteroatoms. The molecule has 7 nitrogen and oxygen atoms in total. The molecule has 0 fully saturated rings. The Balaban J connectivity index is 2.80. The molecule has 1 rings (SSSR count). The highest BCUT2D eigenvalue weighted by Crippen LogP contribution is 2.08. The van der Waals surface area contributed by atoms with E-state index in [1.165, 1.54) is 31.2 Å². The lowest BCUT2D eigenvalue weighted by Crippen LogP contribution is -2.52. The van der Waals surface area contributed by atoms with Gasteiger partial charge in [0, 0.05) is 19.8 Å². The van der Waals surface area contributed by atoms with E-state index in [1.54, 1.807) is 0 Å². The maximum absolute atomic E-state index is 13.0. The monoisotopic (exact) mass is 349 g/mol. The summed E-state index contributed by atoms with van der Waals surface area (Å²) in [5, 5.41) is 22.5. The largest absolute Gasteiger partial charge is 0.480 e. The molecule has 2 atom stereocenters. The summed E-state index contributed by atoms with van der Waals surface area (Å²) in [6, 6.07) is 5.22. The summed E-state index contributed by atoms with van der Waals surface area (Å²) in [6.45, 7) is 1.24. The smallest absolute Gasteiger partial charge is 0.326 e. The number of aliphatic carboxylic acids is 1. The Morgan fingerprint density at radius 1 is 1.20 bits per heavy atom. The molecule has 0 saturated carbocycles. The third-order valence-electron chi connectivity index (χ3n) is 3.44. The van der Waals surface area contributed by atoms with Gasteiger partial charge in [0.25, 0.3) is 0 Å². The van der Waals surface area contributed by atoms with Crippen molar-refractivity contribution < 1.29 is 23.9 Å². The van der Waals surface area contributed by atoms with Crippen molar-refractivity contribution in [1.29, 1.82) is 5.26 Å². The lowest BCUT2D eigenvalue weighted by molar-refractivity contribution is -0.142. The maximum atomic E-state index is 13.0.